The van der Waals surface area contributed by atoms with E-state index in [9.17, 15) is 29.7 Å². The van der Waals surface area contributed by atoms with Gasteiger partial charge in [-0.3, -0.25) is 0 Å². The molecule has 9 heteroatoms. The Labute approximate surface area is 159 Å². The van der Waals surface area contributed by atoms with Crippen LogP contribution in [0.3, 0.4) is 0 Å². The molecule has 0 aliphatic rings. The molecular formula is C19H19NO8. The smallest absolute Gasteiger partial charge is 0.407 e. The van der Waals surface area contributed by atoms with Gasteiger partial charge in [0, 0.05) is 6.54 Å². The fourth-order valence-electron chi connectivity index (χ4n) is 2.41. The third-order valence-electron chi connectivity index (χ3n) is 3.88. The number of hydrogen-bond acceptors (Lipinski definition) is 6. The molecule has 0 saturated carbocycles. The number of aromatic carboxylic acids is 2. The van der Waals surface area contributed by atoms with E-state index in [0.29, 0.717) is 0 Å². The quantitative estimate of drug-likeness (QED) is 0.454. The van der Waals surface area contributed by atoms with E-state index in [1.807, 2.05) is 6.07 Å². The van der Waals surface area contributed by atoms with E-state index in [1.54, 1.807) is 24.3 Å². The minimum atomic E-state index is -1.66. The van der Waals surface area contributed by atoms with E-state index in [1.165, 1.54) is 0 Å². The van der Waals surface area contributed by atoms with E-state index in [-0.39, 0.29) is 17.7 Å². The van der Waals surface area contributed by atoms with Crippen molar-refractivity contribution in [2.45, 2.75) is 18.8 Å². The summed E-state index contributed by atoms with van der Waals surface area (Å²) in [5.41, 5.74) is -0.143. The van der Waals surface area contributed by atoms with Crippen LogP contribution in [-0.4, -0.2) is 51.1 Å². The van der Waals surface area contributed by atoms with Crippen molar-refractivity contribution in [3.8, 4) is 0 Å². The summed E-state index contributed by atoms with van der Waals surface area (Å²) in [7, 11) is 0. The summed E-state index contributed by atoms with van der Waals surface area (Å²) in [6.45, 7) is -0.389. The largest absolute Gasteiger partial charge is 0.478 e. The van der Waals surface area contributed by atoms with Gasteiger partial charge in [-0.25, -0.2) is 14.4 Å². The van der Waals surface area contributed by atoms with Gasteiger partial charge in [0.05, 0.1) is 11.1 Å². The second-order valence-corrected chi connectivity index (χ2v) is 5.87. The summed E-state index contributed by atoms with van der Waals surface area (Å²) in [6.07, 6.45) is -4.03. The van der Waals surface area contributed by atoms with Crippen LogP contribution in [0.15, 0.2) is 48.5 Å². The second kappa shape index (κ2) is 9.49. The van der Waals surface area contributed by atoms with Crippen molar-refractivity contribution in [2.24, 2.45) is 0 Å². The third kappa shape index (κ3) is 5.53. The van der Waals surface area contributed by atoms with Gasteiger partial charge in [0.1, 0.15) is 18.8 Å². The molecule has 148 valence electrons. The number of benzene rings is 2. The number of carbonyl (C=O) groups excluding carboxylic acids is 1. The average Bonchev–Trinajstić information content (AvgIpc) is 2.70. The fraction of sp³-hybridized carbons (Fsp3) is 0.211. The number of aliphatic hydroxyl groups is 2. The van der Waals surface area contributed by atoms with Gasteiger partial charge < -0.3 is 30.5 Å². The molecule has 2 aromatic rings. The lowest BCUT2D eigenvalue weighted by Gasteiger charge is -2.20. The molecule has 2 aromatic carbocycles. The number of carbonyl (C=O) groups is 3. The Kier molecular flexibility index (Phi) is 7.08. The van der Waals surface area contributed by atoms with E-state index in [0.717, 1.165) is 23.8 Å². The predicted octanol–water partition coefficient (Wildman–Crippen LogP) is 1.40. The van der Waals surface area contributed by atoms with Crippen LogP contribution in [0.25, 0.3) is 0 Å². The van der Waals surface area contributed by atoms with Crippen molar-refractivity contribution < 1.29 is 39.5 Å². The maximum Gasteiger partial charge on any atom is 0.407 e. The number of carboxylic acids is 2. The maximum atomic E-state index is 11.7. The van der Waals surface area contributed by atoms with Gasteiger partial charge in [-0.05, 0) is 23.3 Å². The SMILES string of the molecule is O=C(NCC(O)C(O)c1ccc(C(=O)O)cc1C(=O)O)OCc1ccccc1. The molecule has 2 unspecified atom stereocenters. The molecule has 0 aliphatic heterocycles. The molecule has 0 aromatic heterocycles. The van der Waals surface area contributed by atoms with Crippen molar-refractivity contribution in [3.05, 3.63) is 70.8 Å². The Hall–Kier alpha value is -3.43. The molecule has 0 bridgehead atoms. The van der Waals surface area contributed by atoms with Crippen LogP contribution < -0.4 is 5.32 Å². The first-order valence-electron chi connectivity index (χ1n) is 8.20. The summed E-state index contributed by atoms with van der Waals surface area (Å²) >= 11 is 0. The number of nitrogens with one attached hydrogen (secondary N) is 1. The van der Waals surface area contributed by atoms with E-state index >= 15 is 0 Å². The van der Waals surface area contributed by atoms with E-state index < -0.39 is 42.3 Å². The predicted molar refractivity (Wildman–Crippen MR) is 96.0 cm³/mol. The zero-order valence-electron chi connectivity index (χ0n) is 14.6. The summed E-state index contributed by atoms with van der Waals surface area (Å²) in [6, 6.07) is 12.0. The van der Waals surface area contributed by atoms with Crippen molar-refractivity contribution in [1.82, 2.24) is 5.32 Å². The summed E-state index contributed by atoms with van der Waals surface area (Å²) in [4.78, 5) is 34.0. The molecule has 5 N–H and O–H groups in total. The topological polar surface area (TPSA) is 153 Å². The van der Waals surface area contributed by atoms with Crippen LogP contribution in [0.5, 0.6) is 0 Å². The van der Waals surface area contributed by atoms with Crippen LogP contribution >= 0.6 is 0 Å². The Balaban J connectivity index is 1.96. The van der Waals surface area contributed by atoms with Gasteiger partial charge in [-0.15, -0.1) is 0 Å². The normalized spacial score (nSPS) is 12.6. The highest BCUT2D eigenvalue weighted by Gasteiger charge is 2.25. The Bertz CT molecular complexity index is 852. The Morgan fingerprint density at radius 1 is 0.964 bits per heavy atom. The van der Waals surface area contributed by atoms with Crippen molar-refractivity contribution in [3.63, 3.8) is 0 Å². The highest BCUT2D eigenvalue weighted by molar-refractivity contribution is 5.95. The summed E-state index contributed by atoms with van der Waals surface area (Å²) in [5.74, 6) is -2.79. The molecule has 0 heterocycles. The standard InChI is InChI=1S/C19H19NO8/c21-15(9-20-19(27)28-10-11-4-2-1-3-5-11)16(22)13-7-6-12(17(23)24)8-14(13)18(25)26/h1-8,15-16,21-22H,9-10H2,(H,20,27)(H,23,24)(H,25,26). The summed E-state index contributed by atoms with van der Waals surface area (Å²) in [5, 5.41) is 40.7. The number of carboxylic acid groups (broad SMARTS) is 2. The Morgan fingerprint density at radius 3 is 2.25 bits per heavy atom. The summed E-state index contributed by atoms with van der Waals surface area (Å²) < 4.78 is 4.97. The van der Waals surface area contributed by atoms with Gasteiger partial charge in [-0.2, -0.15) is 0 Å². The van der Waals surface area contributed by atoms with Crippen LogP contribution in [0.2, 0.25) is 0 Å². The van der Waals surface area contributed by atoms with Gasteiger partial charge in [0.2, 0.25) is 0 Å². The van der Waals surface area contributed by atoms with Crippen molar-refractivity contribution in [2.75, 3.05) is 6.54 Å². The zero-order valence-corrected chi connectivity index (χ0v) is 14.6. The lowest BCUT2D eigenvalue weighted by molar-refractivity contribution is 0.0173. The van der Waals surface area contributed by atoms with Crippen LogP contribution in [0, 0.1) is 0 Å². The monoisotopic (exact) mass is 389 g/mol. The van der Waals surface area contributed by atoms with Gasteiger partial charge in [-0.1, -0.05) is 36.4 Å². The van der Waals surface area contributed by atoms with Crippen molar-refractivity contribution >= 4 is 18.0 Å². The van der Waals surface area contributed by atoms with Crippen LogP contribution in [-0.2, 0) is 11.3 Å². The molecule has 0 radical (unpaired) electrons. The Morgan fingerprint density at radius 2 is 1.64 bits per heavy atom. The lowest BCUT2D eigenvalue weighted by Crippen LogP contribution is -2.36. The number of hydrogen-bond donors (Lipinski definition) is 5. The zero-order chi connectivity index (χ0) is 20.7. The molecule has 1 amide bonds. The van der Waals surface area contributed by atoms with E-state index in [2.05, 4.69) is 5.32 Å². The van der Waals surface area contributed by atoms with Gasteiger partial charge >= 0.3 is 18.0 Å². The van der Waals surface area contributed by atoms with Crippen LogP contribution in [0.1, 0.15) is 37.9 Å². The number of ether oxygens (including phenoxy) is 1. The molecule has 0 saturated heterocycles. The second-order valence-electron chi connectivity index (χ2n) is 5.87. The fourth-order valence-corrected chi connectivity index (χ4v) is 2.41. The minimum Gasteiger partial charge on any atom is -0.478 e. The van der Waals surface area contributed by atoms with Gasteiger partial charge in [0.15, 0.2) is 0 Å². The lowest BCUT2D eigenvalue weighted by atomic mass is 9.96. The number of rotatable bonds is 8. The third-order valence-corrected chi connectivity index (χ3v) is 3.88. The highest BCUT2D eigenvalue weighted by Crippen LogP contribution is 2.23. The molecular weight excluding hydrogens is 370 g/mol. The average molecular weight is 389 g/mol. The highest BCUT2D eigenvalue weighted by atomic mass is 16.5. The van der Waals surface area contributed by atoms with E-state index in [4.69, 9.17) is 9.84 Å². The first-order valence-corrected chi connectivity index (χ1v) is 8.20. The number of alkyl carbamates (subject to hydrolysis) is 1. The van der Waals surface area contributed by atoms with Crippen LogP contribution in [0.4, 0.5) is 4.79 Å². The first kappa shape index (κ1) is 20.9. The maximum absolute atomic E-state index is 11.7. The minimum absolute atomic E-state index is 0.0190. The molecule has 0 fully saturated rings. The molecule has 28 heavy (non-hydrogen) atoms. The van der Waals surface area contributed by atoms with Gasteiger partial charge in [0.25, 0.3) is 0 Å². The number of amides is 1. The molecule has 0 aliphatic carbocycles. The molecule has 0 spiro atoms. The number of aliphatic hydroxyl groups excluding tert-OH is 2. The first-order chi connectivity index (χ1) is 13.3. The molecule has 9 nitrogen and oxygen atoms in total. The molecule has 2 rings (SSSR count). The van der Waals surface area contributed by atoms with Crippen molar-refractivity contribution in [1.29, 1.82) is 0 Å². The molecule has 2 atom stereocenters.